The summed E-state index contributed by atoms with van der Waals surface area (Å²) in [5.41, 5.74) is 5.35. The lowest BCUT2D eigenvalue weighted by Crippen LogP contribution is -2.26. The number of fused-ring (bicyclic) bond motifs is 1. The van der Waals surface area contributed by atoms with E-state index in [9.17, 15) is 9.18 Å². The van der Waals surface area contributed by atoms with Crippen LogP contribution in [0, 0.1) is 12.7 Å². The molecule has 2 aromatic carbocycles. The zero-order valence-corrected chi connectivity index (χ0v) is 20.6. The summed E-state index contributed by atoms with van der Waals surface area (Å²) in [4.78, 5) is 22.2. The molecule has 188 valence electrons. The molecule has 0 aliphatic carbocycles. The van der Waals surface area contributed by atoms with E-state index in [0.717, 1.165) is 38.8 Å². The second-order valence-corrected chi connectivity index (χ2v) is 8.84. The fraction of sp³-hybridized carbons (Fsp3) is 0.111. The third-order valence-electron chi connectivity index (χ3n) is 6.42. The first kappa shape index (κ1) is 23.2. The maximum Gasteiger partial charge on any atom is 0.294 e. The number of hydrogen-bond acceptors (Lipinski definition) is 7. The summed E-state index contributed by atoms with van der Waals surface area (Å²) in [5.74, 6) is 0.409. The summed E-state index contributed by atoms with van der Waals surface area (Å²) in [5, 5.41) is 17.9. The molecule has 10 nitrogen and oxygen atoms in total. The van der Waals surface area contributed by atoms with E-state index in [1.54, 1.807) is 36.3 Å². The number of nitrogens with zero attached hydrogens (tertiary/aromatic N) is 7. The molecular formula is C27H22FN9O. The minimum atomic E-state index is -0.279. The minimum Gasteiger partial charge on any atom is -0.369 e. The van der Waals surface area contributed by atoms with E-state index in [0.29, 0.717) is 11.5 Å². The normalized spacial score (nSPS) is 11.2. The van der Waals surface area contributed by atoms with Crippen LogP contribution in [0.4, 0.5) is 10.2 Å². The van der Waals surface area contributed by atoms with E-state index in [4.69, 9.17) is 0 Å². The Labute approximate surface area is 215 Å². The molecule has 0 radical (unpaired) electrons. The third kappa shape index (κ3) is 4.09. The van der Waals surface area contributed by atoms with Crippen molar-refractivity contribution < 1.29 is 4.39 Å². The first-order valence-corrected chi connectivity index (χ1v) is 11.8. The second-order valence-electron chi connectivity index (χ2n) is 8.84. The smallest absolute Gasteiger partial charge is 0.294 e. The van der Waals surface area contributed by atoms with Gasteiger partial charge in [0.1, 0.15) is 5.82 Å². The van der Waals surface area contributed by atoms with Gasteiger partial charge in [0.2, 0.25) is 5.82 Å². The van der Waals surface area contributed by atoms with E-state index < -0.39 is 0 Å². The van der Waals surface area contributed by atoms with Gasteiger partial charge in [0.15, 0.2) is 5.82 Å². The summed E-state index contributed by atoms with van der Waals surface area (Å²) in [6, 6.07) is 14.2. The Morgan fingerprint density at radius 3 is 2.74 bits per heavy atom. The standard InChI is InChI=1S/C27H22FN9O/c1-16-14-36(23-7-6-20(28)10-22(16)23)21-8-17(11-30-12-21)15-37-24(13-31-26(29-2)27(37)38)18-4-3-5-19(9-18)25-32-34-35-33-25/h3-14H,15H2,1-2H3,(H,29,31)(H,32,33,34,35). The van der Waals surface area contributed by atoms with Crippen molar-refractivity contribution in [3.63, 3.8) is 0 Å². The van der Waals surface area contributed by atoms with E-state index in [1.807, 2.05) is 48.0 Å². The van der Waals surface area contributed by atoms with Gasteiger partial charge in [-0.05, 0) is 53.6 Å². The lowest BCUT2D eigenvalue weighted by molar-refractivity contribution is 0.629. The van der Waals surface area contributed by atoms with Crippen molar-refractivity contribution in [2.75, 3.05) is 12.4 Å². The molecule has 0 spiro atoms. The van der Waals surface area contributed by atoms with Gasteiger partial charge < -0.3 is 9.88 Å². The van der Waals surface area contributed by atoms with Gasteiger partial charge in [-0.2, -0.15) is 5.21 Å². The van der Waals surface area contributed by atoms with Crippen LogP contribution in [-0.2, 0) is 6.54 Å². The number of aryl methyl sites for hydroxylation is 1. The largest absolute Gasteiger partial charge is 0.369 e. The highest BCUT2D eigenvalue weighted by atomic mass is 19.1. The molecule has 0 saturated carbocycles. The predicted molar refractivity (Wildman–Crippen MR) is 142 cm³/mol. The van der Waals surface area contributed by atoms with Gasteiger partial charge in [-0.15, -0.1) is 10.2 Å². The number of aromatic amines is 1. The van der Waals surface area contributed by atoms with Crippen molar-refractivity contribution in [1.82, 2.24) is 39.7 Å². The Hall–Kier alpha value is -5.19. The molecule has 6 rings (SSSR count). The number of nitrogens with one attached hydrogen (secondary N) is 2. The molecule has 4 heterocycles. The lowest BCUT2D eigenvalue weighted by atomic mass is 10.1. The summed E-state index contributed by atoms with van der Waals surface area (Å²) >= 11 is 0. The molecule has 0 fully saturated rings. The molecule has 0 aliphatic heterocycles. The van der Waals surface area contributed by atoms with Crippen LogP contribution in [0.25, 0.3) is 39.2 Å². The van der Waals surface area contributed by atoms with Crippen LogP contribution in [-0.4, -0.2) is 46.8 Å². The molecule has 0 unspecified atom stereocenters. The lowest BCUT2D eigenvalue weighted by Gasteiger charge is -2.15. The van der Waals surface area contributed by atoms with Gasteiger partial charge >= 0.3 is 0 Å². The quantitative estimate of drug-likeness (QED) is 0.350. The maximum absolute atomic E-state index is 13.8. The van der Waals surface area contributed by atoms with E-state index in [1.165, 1.54) is 12.1 Å². The predicted octanol–water partition coefficient (Wildman–Crippen LogP) is 3.97. The van der Waals surface area contributed by atoms with Gasteiger partial charge in [0.05, 0.1) is 35.8 Å². The molecule has 0 amide bonds. The monoisotopic (exact) mass is 507 g/mol. The average Bonchev–Trinajstić information content (AvgIpc) is 3.59. The Bertz CT molecular complexity index is 1840. The molecule has 2 N–H and O–H groups in total. The highest BCUT2D eigenvalue weighted by molar-refractivity contribution is 5.85. The van der Waals surface area contributed by atoms with Crippen molar-refractivity contribution in [2.24, 2.45) is 0 Å². The number of halogens is 1. The van der Waals surface area contributed by atoms with Crippen molar-refractivity contribution >= 4 is 16.7 Å². The van der Waals surface area contributed by atoms with Crippen LogP contribution in [0.2, 0.25) is 0 Å². The molecular weight excluding hydrogens is 485 g/mol. The van der Waals surface area contributed by atoms with Crippen LogP contribution in [0.3, 0.4) is 0 Å². The Kier molecular flexibility index (Phi) is 5.72. The molecule has 11 heteroatoms. The zero-order valence-electron chi connectivity index (χ0n) is 20.6. The number of anilines is 1. The van der Waals surface area contributed by atoms with Gasteiger partial charge in [0.25, 0.3) is 5.56 Å². The molecule has 4 aromatic heterocycles. The van der Waals surface area contributed by atoms with E-state index >= 15 is 0 Å². The first-order valence-electron chi connectivity index (χ1n) is 11.8. The van der Waals surface area contributed by atoms with Crippen LogP contribution >= 0.6 is 0 Å². The van der Waals surface area contributed by atoms with Crippen molar-refractivity contribution in [2.45, 2.75) is 13.5 Å². The summed E-state index contributed by atoms with van der Waals surface area (Å²) in [7, 11) is 1.66. The summed E-state index contributed by atoms with van der Waals surface area (Å²) in [6.45, 7) is 2.20. The second kappa shape index (κ2) is 9.36. The Morgan fingerprint density at radius 1 is 1.05 bits per heavy atom. The van der Waals surface area contributed by atoms with Gasteiger partial charge in [-0.25, -0.2) is 9.37 Å². The molecule has 0 atom stereocenters. The van der Waals surface area contributed by atoms with Crippen molar-refractivity contribution in [3.05, 3.63) is 101 Å². The zero-order chi connectivity index (χ0) is 26.2. The number of benzene rings is 2. The molecule has 0 bridgehead atoms. The number of pyridine rings is 1. The highest BCUT2D eigenvalue weighted by Crippen LogP contribution is 2.27. The number of rotatable bonds is 6. The van der Waals surface area contributed by atoms with Crippen LogP contribution in [0.15, 0.2) is 78.1 Å². The highest BCUT2D eigenvalue weighted by Gasteiger charge is 2.15. The van der Waals surface area contributed by atoms with E-state index in [-0.39, 0.29) is 23.7 Å². The van der Waals surface area contributed by atoms with Crippen LogP contribution in [0.5, 0.6) is 0 Å². The average molecular weight is 508 g/mol. The van der Waals surface area contributed by atoms with Gasteiger partial charge in [0, 0.05) is 36.0 Å². The Balaban J connectivity index is 1.43. The fourth-order valence-corrected chi connectivity index (χ4v) is 4.60. The fourth-order valence-electron chi connectivity index (χ4n) is 4.60. The van der Waals surface area contributed by atoms with Crippen LogP contribution < -0.4 is 10.9 Å². The molecule has 38 heavy (non-hydrogen) atoms. The number of tetrazole rings is 1. The van der Waals surface area contributed by atoms with E-state index in [2.05, 4.69) is 35.9 Å². The van der Waals surface area contributed by atoms with Gasteiger partial charge in [-0.3, -0.25) is 14.3 Å². The number of hydrogen-bond donors (Lipinski definition) is 2. The van der Waals surface area contributed by atoms with Gasteiger partial charge in [-0.1, -0.05) is 18.2 Å². The number of H-pyrrole nitrogens is 1. The first-order chi connectivity index (χ1) is 18.5. The summed E-state index contributed by atoms with van der Waals surface area (Å²) < 4.78 is 17.5. The maximum atomic E-state index is 13.8. The molecule has 0 aliphatic rings. The van der Waals surface area contributed by atoms with Crippen molar-refractivity contribution in [1.29, 1.82) is 0 Å². The minimum absolute atomic E-state index is 0.237. The SMILES string of the molecule is CNc1ncc(-c2cccc(-c3nn[nH]n3)c2)n(Cc2cncc(-n3cc(C)c4cc(F)ccc43)c2)c1=O. The third-order valence-corrected chi connectivity index (χ3v) is 6.42. The summed E-state index contributed by atoms with van der Waals surface area (Å²) in [6.07, 6.45) is 7.09. The number of aromatic nitrogens is 8. The van der Waals surface area contributed by atoms with Crippen LogP contribution in [0.1, 0.15) is 11.1 Å². The van der Waals surface area contributed by atoms with Crippen molar-refractivity contribution in [3.8, 4) is 28.3 Å². The molecule has 0 saturated heterocycles. The Morgan fingerprint density at radius 2 is 1.92 bits per heavy atom. The topological polar surface area (TPSA) is 119 Å². The molecule has 6 aromatic rings.